The summed E-state index contributed by atoms with van der Waals surface area (Å²) < 4.78 is 0. The van der Waals surface area contributed by atoms with E-state index in [1.54, 1.807) is 0 Å². The van der Waals surface area contributed by atoms with Crippen LogP contribution in [-0.2, 0) is 12.8 Å². The molecular weight excluding hydrogens is 556 g/mol. The Morgan fingerprint density at radius 3 is 1.78 bits per heavy atom. The number of hydrogen-bond acceptors (Lipinski definition) is 2. The summed E-state index contributed by atoms with van der Waals surface area (Å²) in [6.45, 7) is 6.73. The zero-order valence-electron chi connectivity index (χ0n) is 28.8. The van der Waals surface area contributed by atoms with Crippen molar-refractivity contribution in [3.8, 4) is 22.3 Å². The Balaban J connectivity index is 1.54. The van der Waals surface area contributed by atoms with Crippen molar-refractivity contribution in [2.24, 2.45) is 9.98 Å². The van der Waals surface area contributed by atoms with E-state index in [2.05, 4.69) is 118 Å². The van der Waals surface area contributed by atoms with E-state index >= 15 is 0 Å². The molecule has 0 aliphatic rings. The summed E-state index contributed by atoms with van der Waals surface area (Å²) in [5.41, 5.74) is 10.9. The van der Waals surface area contributed by atoms with Gasteiger partial charge in [0.25, 0.3) is 0 Å². The highest BCUT2D eigenvalue weighted by molar-refractivity contribution is 6.31. The van der Waals surface area contributed by atoms with Crippen LogP contribution in [-0.4, -0.2) is 11.9 Å². The van der Waals surface area contributed by atoms with Crippen molar-refractivity contribution < 1.29 is 0 Å². The van der Waals surface area contributed by atoms with Gasteiger partial charge in [0, 0.05) is 6.21 Å². The van der Waals surface area contributed by atoms with Gasteiger partial charge in [-0.05, 0) is 89.8 Å². The molecule has 0 aliphatic heterocycles. The number of aliphatic imine (C=N–C) groups is 2. The first-order valence-corrected chi connectivity index (χ1v) is 18.2. The molecule has 4 aromatic rings. The molecule has 2 heteroatoms. The van der Waals surface area contributed by atoms with Crippen LogP contribution in [0, 0.1) is 0 Å². The number of nitrogens with zero attached hydrogens (tertiary/aromatic N) is 2. The monoisotopic (exact) mass is 612 g/mol. The number of aryl methyl sites for hydroxylation is 2. The van der Waals surface area contributed by atoms with Crippen molar-refractivity contribution in [1.82, 2.24) is 0 Å². The number of hydrogen-bond donors (Lipinski definition) is 0. The average molecular weight is 613 g/mol. The van der Waals surface area contributed by atoms with E-state index in [1.807, 2.05) is 6.21 Å². The van der Waals surface area contributed by atoms with Crippen LogP contribution in [0.4, 0.5) is 11.4 Å². The zero-order valence-corrected chi connectivity index (χ0v) is 28.8. The van der Waals surface area contributed by atoms with Gasteiger partial charge in [0.1, 0.15) is 0 Å². The van der Waals surface area contributed by atoms with Crippen molar-refractivity contribution in [2.75, 3.05) is 0 Å². The van der Waals surface area contributed by atoms with Crippen molar-refractivity contribution in [3.63, 3.8) is 0 Å². The molecule has 0 spiro atoms. The first-order valence-electron chi connectivity index (χ1n) is 18.2. The van der Waals surface area contributed by atoms with E-state index in [1.165, 1.54) is 110 Å². The Hall–Kier alpha value is -3.78. The first kappa shape index (κ1) is 35.1. The molecule has 0 atom stereocenters. The van der Waals surface area contributed by atoms with Gasteiger partial charge in [-0.15, -0.1) is 0 Å². The lowest BCUT2D eigenvalue weighted by molar-refractivity contribution is 0.607. The second kappa shape index (κ2) is 20.4. The van der Waals surface area contributed by atoms with Gasteiger partial charge in [0.05, 0.1) is 17.1 Å². The fourth-order valence-electron chi connectivity index (χ4n) is 6.17. The topological polar surface area (TPSA) is 24.7 Å². The predicted molar refractivity (Wildman–Crippen MR) is 203 cm³/mol. The molecule has 0 heterocycles. The molecule has 0 amide bonds. The molecule has 4 aromatic carbocycles. The highest BCUT2D eigenvalue weighted by Gasteiger charge is 2.08. The van der Waals surface area contributed by atoms with Crippen LogP contribution in [0.1, 0.15) is 115 Å². The molecule has 0 aromatic heterocycles. The highest BCUT2D eigenvalue weighted by atomic mass is 14.8. The van der Waals surface area contributed by atoms with E-state index in [0.717, 1.165) is 36.3 Å². The zero-order chi connectivity index (χ0) is 32.2. The maximum atomic E-state index is 5.15. The lowest BCUT2D eigenvalue weighted by Gasteiger charge is -2.11. The Morgan fingerprint density at radius 1 is 0.522 bits per heavy atom. The van der Waals surface area contributed by atoms with Gasteiger partial charge in [-0.1, -0.05) is 158 Å². The van der Waals surface area contributed by atoms with Gasteiger partial charge >= 0.3 is 0 Å². The maximum absolute atomic E-state index is 5.15. The van der Waals surface area contributed by atoms with Crippen molar-refractivity contribution >= 4 is 23.3 Å². The standard InChI is InChI=1S/C44H56N2/c1-4-7-9-11-13-17-23-36-31-40(37-24-19-15-20-25-37)34-43(32-36)46-41(6-3)35-45-42-29-30-44(38-26-21-16-22-27-38)39(33-42)28-18-14-12-10-8-5-2/h15-16,19-22,24-27,29-35H,4-14,17-18,23,28H2,1-3H3. The van der Waals surface area contributed by atoms with Crippen LogP contribution in [0.2, 0.25) is 0 Å². The third kappa shape index (κ3) is 11.9. The molecule has 0 unspecified atom stereocenters. The lowest BCUT2D eigenvalue weighted by Crippen LogP contribution is -1.97. The van der Waals surface area contributed by atoms with E-state index < -0.39 is 0 Å². The molecule has 0 saturated carbocycles. The summed E-state index contributed by atoms with van der Waals surface area (Å²) in [5, 5.41) is 0. The van der Waals surface area contributed by atoms with Gasteiger partial charge in [0.2, 0.25) is 0 Å². The highest BCUT2D eigenvalue weighted by Crippen LogP contribution is 2.30. The summed E-state index contributed by atoms with van der Waals surface area (Å²) in [4.78, 5) is 10.1. The average Bonchev–Trinajstić information content (AvgIpc) is 3.10. The van der Waals surface area contributed by atoms with Crippen LogP contribution in [0.5, 0.6) is 0 Å². The van der Waals surface area contributed by atoms with Crippen molar-refractivity contribution in [1.29, 1.82) is 0 Å². The second-order valence-corrected chi connectivity index (χ2v) is 12.7. The van der Waals surface area contributed by atoms with Gasteiger partial charge in [-0.25, -0.2) is 0 Å². The molecule has 0 bridgehead atoms. The summed E-state index contributed by atoms with van der Waals surface area (Å²) in [5.74, 6) is 0. The summed E-state index contributed by atoms with van der Waals surface area (Å²) in [7, 11) is 0. The Morgan fingerprint density at radius 2 is 1.13 bits per heavy atom. The first-order chi connectivity index (χ1) is 22.7. The van der Waals surface area contributed by atoms with Gasteiger partial charge in [-0.3, -0.25) is 9.98 Å². The van der Waals surface area contributed by atoms with Crippen LogP contribution in [0.3, 0.4) is 0 Å². The smallest absolute Gasteiger partial charge is 0.0642 e. The van der Waals surface area contributed by atoms with Crippen molar-refractivity contribution in [2.45, 2.75) is 117 Å². The van der Waals surface area contributed by atoms with Crippen LogP contribution >= 0.6 is 0 Å². The van der Waals surface area contributed by atoms with E-state index in [9.17, 15) is 0 Å². The maximum Gasteiger partial charge on any atom is 0.0642 e. The van der Waals surface area contributed by atoms with E-state index in [0.29, 0.717) is 0 Å². The minimum absolute atomic E-state index is 0.832. The molecule has 0 saturated heterocycles. The summed E-state index contributed by atoms with van der Waals surface area (Å²) >= 11 is 0. The quantitative estimate of drug-likeness (QED) is 0.0700. The molecule has 0 aliphatic carbocycles. The molecule has 0 N–H and O–H groups in total. The third-order valence-electron chi connectivity index (χ3n) is 8.87. The molecule has 242 valence electrons. The molecule has 0 radical (unpaired) electrons. The van der Waals surface area contributed by atoms with Crippen LogP contribution < -0.4 is 0 Å². The molecule has 46 heavy (non-hydrogen) atoms. The SMILES string of the molecule is CCCCCCCCc1cc(N=C(C=Nc2ccc(-c3ccccc3)c(CCCCCCCC)c2)CC)cc(-c2ccccc2)c1. The van der Waals surface area contributed by atoms with Crippen LogP contribution in [0.15, 0.2) is 107 Å². The molecular formula is C44H56N2. The fraction of sp³-hybridized carbons (Fsp3) is 0.409. The number of benzene rings is 4. The van der Waals surface area contributed by atoms with Gasteiger partial charge in [-0.2, -0.15) is 0 Å². The summed E-state index contributed by atoms with van der Waals surface area (Å²) in [6.07, 6.45) is 20.7. The lowest BCUT2D eigenvalue weighted by atomic mass is 9.95. The minimum atomic E-state index is 0.832. The second-order valence-electron chi connectivity index (χ2n) is 12.7. The molecule has 2 nitrogen and oxygen atoms in total. The van der Waals surface area contributed by atoms with Crippen LogP contribution in [0.25, 0.3) is 22.3 Å². The minimum Gasteiger partial charge on any atom is -0.255 e. The Kier molecular flexibility index (Phi) is 15.5. The third-order valence-corrected chi connectivity index (χ3v) is 8.87. The normalized spacial score (nSPS) is 11.8. The predicted octanol–water partition coefficient (Wildman–Crippen LogP) is 13.7. The van der Waals surface area contributed by atoms with Gasteiger partial charge < -0.3 is 0 Å². The van der Waals surface area contributed by atoms with E-state index in [4.69, 9.17) is 9.98 Å². The Bertz CT molecular complexity index is 1480. The largest absolute Gasteiger partial charge is 0.255 e. The molecule has 4 rings (SSSR count). The summed E-state index contributed by atoms with van der Waals surface area (Å²) in [6, 6.07) is 35.1. The van der Waals surface area contributed by atoms with Gasteiger partial charge in [0.15, 0.2) is 0 Å². The fourth-order valence-corrected chi connectivity index (χ4v) is 6.17. The Labute approximate surface area is 280 Å². The van der Waals surface area contributed by atoms with Crippen molar-refractivity contribution in [3.05, 3.63) is 108 Å². The van der Waals surface area contributed by atoms with E-state index in [-0.39, 0.29) is 0 Å². The molecule has 0 fully saturated rings. The number of rotatable bonds is 20. The number of unbranched alkanes of at least 4 members (excludes halogenated alkanes) is 10.